The number of allylic oxidation sites excluding steroid dienone is 1. The predicted octanol–water partition coefficient (Wildman–Crippen LogP) is 2.02. The number of ether oxygens (including phenoxy) is 3. The molecule has 0 unspecified atom stereocenters. The highest BCUT2D eigenvalue weighted by Gasteiger charge is 2.62. The van der Waals surface area contributed by atoms with Gasteiger partial charge in [0.25, 0.3) is 5.91 Å². The second kappa shape index (κ2) is 12.2. The van der Waals surface area contributed by atoms with Crippen molar-refractivity contribution in [2.24, 2.45) is 5.92 Å². The standard InChI is InChI=1S/C32H41N5O9S/c1-35-10-6-4-2-3-5-7-22-16-32(22,29(39)34-47(42,43)24-8-9-24)33-28(38)25-15-23(19-37(25)30(35)40)46-31(41)36-17-20-13-26-27(14-21(20)18-36)45-12-11-44-26/h5,7,13-14,22-25H,2-4,6,8-12,15-19H2,1H3,(H,33,38)(H,34,39)/b7-5-/t22-,23-,25+,32-/m1/s1. The Balaban J connectivity index is 1.08. The second-order valence-electron chi connectivity index (χ2n) is 13.5. The largest absolute Gasteiger partial charge is 0.486 e. The maximum atomic E-state index is 14.0. The molecule has 2 N–H and O–H groups in total. The molecule has 7 rings (SSSR count). The van der Waals surface area contributed by atoms with Crippen LogP contribution in [-0.4, -0.2) is 103 Å². The molecule has 1 aromatic rings. The van der Waals surface area contributed by atoms with E-state index in [-0.39, 0.29) is 31.3 Å². The smallest absolute Gasteiger partial charge is 0.410 e. The Labute approximate surface area is 273 Å². The molecule has 15 heteroatoms. The second-order valence-corrected chi connectivity index (χ2v) is 15.4. The molecule has 3 fully saturated rings. The van der Waals surface area contributed by atoms with E-state index in [2.05, 4.69) is 10.0 Å². The van der Waals surface area contributed by atoms with Crippen molar-refractivity contribution in [2.45, 2.75) is 87.4 Å². The number of urea groups is 1. The van der Waals surface area contributed by atoms with Gasteiger partial charge in [0.1, 0.15) is 30.9 Å². The lowest BCUT2D eigenvalue weighted by atomic mass is 10.1. The van der Waals surface area contributed by atoms with Crippen molar-refractivity contribution in [3.8, 4) is 11.5 Å². The lowest BCUT2D eigenvalue weighted by molar-refractivity contribution is -0.131. The molecule has 2 aliphatic carbocycles. The summed E-state index contributed by atoms with van der Waals surface area (Å²) >= 11 is 0. The number of hydrogen-bond acceptors (Lipinski definition) is 9. The summed E-state index contributed by atoms with van der Waals surface area (Å²) in [6.07, 6.45) is 7.10. The fraction of sp³-hybridized carbons (Fsp3) is 0.625. The molecule has 14 nitrogen and oxygen atoms in total. The van der Waals surface area contributed by atoms with Gasteiger partial charge in [-0.1, -0.05) is 18.6 Å². The van der Waals surface area contributed by atoms with Crippen molar-refractivity contribution >= 4 is 34.0 Å². The van der Waals surface area contributed by atoms with Gasteiger partial charge >= 0.3 is 12.1 Å². The van der Waals surface area contributed by atoms with E-state index in [1.165, 1.54) is 4.90 Å². The minimum atomic E-state index is -3.84. The normalized spacial score (nSPS) is 29.8. The number of benzene rings is 1. The molecule has 2 saturated carbocycles. The number of fused-ring (bicyclic) bond motifs is 4. The van der Waals surface area contributed by atoms with Crippen molar-refractivity contribution in [1.29, 1.82) is 0 Å². The zero-order valence-corrected chi connectivity index (χ0v) is 27.3. The van der Waals surface area contributed by atoms with Crippen LogP contribution in [0.15, 0.2) is 24.3 Å². The molecular formula is C32H41N5O9S. The fourth-order valence-corrected chi connectivity index (χ4v) is 8.32. The summed E-state index contributed by atoms with van der Waals surface area (Å²) in [6, 6.07) is 2.35. The average molecular weight is 672 g/mol. The summed E-state index contributed by atoms with van der Waals surface area (Å²) < 4.78 is 44.8. The molecule has 47 heavy (non-hydrogen) atoms. The molecule has 4 aliphatic heterocycles. The molecule has 1 aromatic carbocycles. The van der Waals surface area contributed by atoms with Gasteiger partial charge in [-0.05, 0) is 61.8 Å². The molecule has 0 spiro atoms. The van der Waals surface area contributed by atoms with Gasteiger partial charge in [-0.3, -0.25) is 19.2 Å². The topological polar surface area (TPSA) is 164 Å². The molecule has 0 radical (unpaired) electrons. The Kier molecular flexibility index (Phi) is 8.21. The van der Waals surface area contributed by atoms with E-state index in [9.17, 15) is 27.6 Å². The van der Waals surface area contributed by atoms with Gasteiger partial charge in [-0.25, -0.2) is 18.0 Å². The van der Waals surface area contributed by atoms with Crippen molar-refractivity contribution in [1.82, 2.24) is 24.7 Å². The average Bonchev–Trinajstić information content (AvgIpc) is 3.93. The van der Waals surface area contributed by atoms with Crippen LogP contribution in [0.5, 0.6) is 11.5 Å². The Bertz CT molecular complexity index is 1580. The van der Waals surface area contributed by atoms with Crippen LogP contribution in [0.2, 0.25) is 0 Å². The maximum Gasteiger partial charge on any atom is 0.410 e. The summed E-state index contributed by atoms with van der Waals surface area (Å²) in [7, 11) is -2.16. The highest BCUT2D eigenvalue weighted by atomic mass is 32.2. The summed E-state index contributed by atoms with van der Waals surface area (Å²) in [6.45, 7) is 2.06. The number of nitrogens with one attached hydrogen (secondary N) is 2. The van der Waals surface area contributed by atoms with Gasteiger partial charge in [0, 0.05) is 39.0 Å². The van der Waals surface area contributed by atoms with Gasteiger partial charge < -0.3 is 29.3 Å². The molecule has 0 aromatic heterocycles. The van der Waals surface area contributed by atoms with Gasteiger partial charge in [0.15, 0.2) is 11.5 Å². The van der Waals surface area contributed by atoms with Gasteiger partial charge in [0.05, 0.1) is 11.8 Å². The van der Waals surface area contributed by atoms with Gasteiger partial charge in [0.2, 0.25) is 15.9 Å². The third-order valence-electron chi connectivity index (χ3n) is 9.95. The number of rotatable bonds is 4. The highest BCUT2D eigenvalue weighted by molar-refractivity contribution is 7.91. The minimum absolute atomic E-state index is 0.00233. The molecule has 5 amide bonds. The van der Waals surface area contributed by atoms with E-state index in [0.29, 0.717) is 57.2 Å². The fourth-order valence-electron chi connectivity index (χ4n) is 6.95. The number of carbonyl (C=O) groups excluding carboxylic acids is 4. The zero-order chi connectivity index (χ0) is 32.9. The first-order valence-corrected chi connectivity index (χ1v) is 18.0. The van der Waals surface area contributed by atoms with Crippen molar-refractivity contribution in [2.75, 3.05) is 33.4 Å². The molecule has 6 aliphatic rings. The van der Waals surface area contributed by atoms with E-state index < -0.39 is 50.9 Å². The Morgan fingerprint density at radius 3 is 2.43 bits per heavy atom. The Hall–Kier alpha value is -4.01. The zero-order valence-electron chi connectivity index (χ0n) is 26.4. The monoisotopic (exact) mass is 671 g/mol. The molecule has 4 atom stereocenters. The molecule has 254 valence electrons. The Morgan fingerprint density at radius 2 is 1.74 bits per heavy atom. The summed E-state index contributed by atoms with van der Waals surface area (Å²) in [5.41, 5.74) is 0.419. The van der Waals surface area contributed by atoms with Crippen molar-refractivity contribution in [3.05, 3.63) is 35.4 Å². The van der Waals surface area contributed by atoms with Crippen molar-refractivity contribution in [3.63, 3.8) is 0 Å². The summed E-state index contributed by atoms with van der Waals surface area (Å²) in [5.74, 6) is -0.452. The molecule has 1 saturated heterocycles. The third kappa shape index (κ3) is 6.33. The Morgan fingerprint density at radius 1 is 1.04 bits per heavy atom. The first-order chi connectivity index (χ1) is 22.5. The van der Waals surface area contributed by atoms with E-state index in [4.69, 9.17) is 14.2 Å². The van der Waals surface area contributed by atoms with Crippen LogP contribution in [0.25, 0.3) is 0 Å². The van der Waals surface area contributed by atoms with E-state index in [1.807, 2.05) is 24.3 Å². The van der Waals surface area contributed by atoms with Crippen LogP contribution in [0.4, 0.5) is 9.59 Å². The SMILES string of the molecule is CN1CCCCC/C=C\[C@@H]2C[C@@]2(C(=O)NS(=O)(=O)C2CC2)NC(=O)[C@@H]2C[C@@H](OC(=O)N3Cc4cc5c(cc4C3)OCCO5)CN2C1=O. The third-order valence-corrected chi connectivity index (χ3v) is 11.8. The molecule has 0 bridgehead atoms. The lowest BCUT2D eigenvalue weighted by Crippen LogP contribution is -2.57. The predicted molar refractivity (Wildman–Crippen MR) is 167 cm³/mol. The van der Waals surface area contributed by atoms with Crippen LogP contribution in [0.1, 0.15) is 62.5 Å². The minimum Gasteiger partial charge on any atom is -0.486 e. The number of carbonyl (C=O) groups is 4. The van der Waals surface area contributed by atoms with Gasteiger partial charge in [-0.15, -0.1) is 0 Å². The molecule has 4 heterocycles. The summed E-state index contributed by atoms with van der Waals surface area (Å²) in [5, 5.41) is 2.24. The van der Waals surface area contributed by atoms with Crippen LogP contribution in [-0.2, 0) is 37.4 Å². The van der Waals surface area contributed by atoms with E-state index in [1.54, 1.807) is 16.8 Å². The van der Waals surface area contributed by atoms with Crippen LogP contribution >= 0.6 is 0 Å². The van der Waals surface area contributed by atoms with Crippen LogP contribution in [0.3, 0.4) is 0 Å². The first kappa shape index (κ1) is 31.6. The number of amides is 5. The van der Waals surface area contributed by atoms with Gasteiger partial charge in [-0.2, -0.15) is 0 Å². The number of hydrogen-bond donors (Lipinski definition) is 2. The lowest BCUT2D eigenvalue weighted by Gasteiger charge is -2.30. The number of nitrogens with zero attached hydrogens (tertiary/aromatic N) is 3. The van der Waals surface area contributed by atoms with Crippen LogP contribution < -0.4 is 19.5 Å². The van der Waals surface area contributed by atoms with E-state index in [0.717, 1.165) is 36.8 Å². The highest BCUT2D eigenvalue weighted by Crippen LogP contribution is 2.46. The quantitative estimate of drug-likeness (QED) is 0.456. The number of sulfonamides is 1. The van der Waals surface area contributed by atoms with Crippen LogP contribution in [0, 0.1) is 5.92 Å². The summed E-state index contributed by atoms with van der Waals surface area (Å²) in [4.78, 5) is 59.0. The molecular weight excluding hydrogens is 630 g/mol. The maximum absolute atomic E-state index is 14.0. The van der Waals surface area contributed by atoms with E-state index >= 15 is 0 Å². The first-order valence-electron chi connectivity index (χ1n) is 16.5. The van der Waals surface area contributed by atoms with Crippen molar-refractivity contribution < 1.29 is 41.8 Å².